The van der Waals surface area contributed by atoms with Gasteiger partial charge < -0.3 is 10.1 Å². The van der Waals surface area contributed by atoms with Gasteiger partial charge in [-0.15, -0.1) is 6.58 Å². The number of ether oxygens (including phenoxy) is 1. The number of halogens is 2. The molecular weight excluding hydrogens is 188 g/mol. The van der Waals surface area contributed by atoms with E-state index in [4.69, 9.17) is 4.74 Å². The molecule has 2 nitrogen and oxygen atoms in total. The molecule has 14 heavy (non-hydrogen) atoms. The van der Waals surface area contributed by atoms with Crippen LogP contribution in [0.25, 0.3) is 0 Å². The molecule has 84 valence electrons. The molecule has 0 aromatic carbocycles. The van der Waals surface area contributed by atoms with E-state index >= 15 is 0 Å². The Morgan fingerprint density at radius 1 is 1.43 bits per heavy atom. The first-order valence-corrected chi connectivity index (χ1v) is 4.73. The fraction of sp³-hybridized carbons (Fsp3) is 0.800. The van der Waals surface area contributed by atoms with Gasteiger partial charge in [-0.2, -0.15) is 0 Å². The quantitative estimate of drug-likeness (QED) is 0.646. The minimum absolute atomic E-state index is 0.0534. The normalized spacial score (nSPS) is 14.4. The Hall–Kier alpha value is -0.480. The third kappa shape index (κ3) is 6.97. The predicted molar refractivity (Wildman–Crippen MR) is 53.7 cm³/mol. The van der Waals surface area contributed by atoms with Gasteiger partial charge in [-0.05, 0) is 6.92 Å². The van der Waals surface area contributed by atoms with Crippen LogP contribution in [0.3, 0.4) is 0 Å². The minimum Gasteiger partial charge on any atom is -0.368 e. The van der Waals surface area contributed by atoms with E-state index in [1.54, 1.807) is 6.92 Å². The van der Waals surface area contributed by atoms with Gasteiger partial charge in [0.1, 0.15) is 6.61 Å². The second-order valence-corrected chi connectivity index (χ2v) is 3.64. The van der Waals surface area contributed by atoms with Crippen LogP contribution in [0.5, 0.6) is 0 Å². The van der Waals surface area contributed by atoms with Crippen molar-refractivity contribution in [2.24, 2.45) is 0 Å². The molecule has 4 heteroatoms. The van der Waals surface area contributed by atoms with Gasteiger partial charge in [-0.25, -0.2) is 8.78 Å². The molecule has 0 amide bonds. The van der Waals surface area contributed by atoms with Crippen molar-refractivity contribution in [1.29, 1.82) is 0 Å². The van der Waals surface area contributed by atoms with E-state index in [0.29, 0.717) is 0 Å². The van der Waals surface area contributed by atoms with Gasteiger partial charge in [0.25, 0.3) is 5.92 Å². The molecule has 0 heterocycles. The molecule has 0 aliphatic heterocycles. The zero-order valence-corrected chi connectivity index (χ0v) is 9.02. The number of nitrogens with one attached hydrogen (secondary N) is 1. The lowest BCUT2D eigenvalue weighted by molar-refractivity contribution is -0.0855. The van der Waals surface area contributed by atoms with Crippen molar-refractivity contribution in [3.05, 3.63) is 12.7 Å². The Morgan fingerprint density at radius 2 is 2.00 bits per heavy atom. The summed E-state index contributed by atoms with van der Waals surface area (Å²) in [6, 6.07) is 0.0534. The van der Waals surface area contributed by atoms with Gasteiger partial charge in [0.2, 0.25) is 0 Å². The highest BCUT2D eigenvalue weighted by atomic mass is 19.3. The third-order valence-electron chi connectivity index (χ3n) is 1.66. The highest BCUT2D eigenvalue weighted by Gasteiger charge is 2.29. The average molecular weight is 207 g/mol. The second kappa shape index (κ2) is 6.09. The molecule has 0 bridgehead atoms. The van der Waals surface area contributed by atoms with Crippen molar-refractivity contribution in [3.63, 3.8) is 0 Å². The van der Waals surface area contributed by atoms with Gasteiger partial charge in [-0.3, -0.25) is 0 Å². The molecule has 0 saturated heterocycles. The fourth-order valence-electron chi connectivity index (χ4n) is 0.726. The molecule has 0 aromatic heterocycles. The summed E-state index contributed by atoms with van der Waals surface area (Å²) < 4.78 is 31.0. The van der Waals surface area contributed by atoms with E-state index in [-0.39, 0.29) is 18.7 Å². The van der Waals surface area contributed by atoms with Crippen LogP contribution in [0, 0.1) is 0 Å². The molecule has 0 spiro atoms. The first-order chi connectivity index (χ1) is 6.37. The molecule has 0 fully saturated rings. The Balaban J connectivity index is 3.76. The standard InChI is InChI=1S/C10H19F2NO/c1-5-9(4)14-7-10(11,12)6-13-8(2)3/h5,8-9,13H,1,6-7H2,2-4H3. The summed E-state index contributed by atoms with van der Waals surface area (Å²) in [4.78, 5) is 0. The topological polar surface area (TPSA) is 21.3 Å². The minimum atomic E-state index is -2.82. The van der Waals surface area contributed by atoms with Crippen molar-refractivity contribution in [2.45, 2.75) is 38.8 Å². The predicted octanol–water partition coefficient (Wildman–Crippen LogP) is 2.21. The van der Waals surface area contributed by atoms with Crippen molar-refractivity contribution in [1.82, 2.24) is 5.32 Å². The molecular formula is C10H19F2NO. The molecule has 0 radical (unpaired) electrons. The number of alkyl halides is 2. The van der Waals surface area contributed by atoms with Gasteiger partial charge in [-0.1, -0.05) is 19.9 Å². The highest BCUT2D eigenvalue weighted by Crippen LogP contribution is 2.13. The molecule has 0 rings (SSSR count). The van der Waals surface area contributed by atoms with Crippen LogP contribution in [-0.2, 0) is 4.74 Å². The smallest absolute Gasteiger partial charge is 0.283 e. The van der Waals surface area contributed by atoms with Gasteiger partial charge in [0.15, 0.2) is 0 Å². The molecule has 0 aliphatic carbocycles. The highest BCUT2D eigenvalue weighted by molar-refractivity contribution is 4.77. The zero-order chi connectivity index (χ0) is 11.2. The van der Waals surface area contributed by atoms with Gasteiger partial charge in [0.05, 0.1) is 12.6 Å². The number of rotatable bonds is 7. The fourth-order valence-corrected chi connectivity index (χ4v) is 0.726. The van der Waals surface area contributed by atoms with E-state index in [0.717, 1.165) is 0 Å². The summed E-state index contributed by atoms with van der Waals surface area (Å²) in [6.45, 7) is 7.85. The SMILES string of the molecule is C=CC(C)OCC(F)(F)CNC(C)C. The van der Waals surface area contributed by atoms with E-state index in [9.17, 15) is 8.78 Å². The lowest BCUT2D eigenvalue weighted by Gasteiger charge is -2.20. The summed E-state index contributed by atoms with van der Waals surface area (Å²) >= 11 is 0. The van der Waals surface area contributed by atoms with Crippen LogP contribution >= 0.6 is 0 Å². The van der Waals surface area contributed by atoms with Crippen LogP contribution in [0.1, 0.15) is 20.8 Å². The van der Waals surface area contributed by atoms with Crippen LogP contribution in [-0.4, -0.2) is 31.2 Å². The maximum Gasteiger partial charge on any atom is 0.283 e. The van der Waals surface area contributed by atoms with E-state index in [2.05, 4.69) is 11.9 Å². The Bertz CT molecular complexity index is 172. The summed E-state index contributed by atoms with van der Waals surface area (Å²) in [5.74, 6) is -2.82. The van der Waals surface area contributed by atoms with Crippen molar-refractivity contribution in [2.75, 3.05) is 13.2 Å². The maximum atomic E-state index is 13.1. The summed E-state index contributed by atoms with van der Waals surface area (Å²) in [7, 11) is 0. The van der Waals surface area contributed by atoms with Crippen molar-refractivity contribution < 1.29 is 13.5 Å². The molecule has 0 saturated carbocycles. The lowest BCUT2D eigenvalue weighted by Crippen LogP contribution is -2.40. The number of hydrogen-bond donors (Lipinski definition) is 1. The number of hydrogen-bond acceptors (Lipinski definition) is 2. The van der Waals surface area contributed by atoms with Crippen LogP contribution in [0.15, 0.2) is 12.7 Å². The van der Waals surface area contributed by atoms with Crippen molar-refractivity contribution in [3.8, 4) is 0 Å². The van der Waals surface area contributed by atoms with Crippen LogP contribution < -0.4 is 5.32 Å². The van der Waals surface area contributed by atoms with E-state index in [1.165, 1.54) is 6.08 Å². The summed E-state index contributed by atoms with van der Waals surface area (Å²) in [5.41, 5.74) is 0. The van der Waals surface area contributed by atoms with Crippen LogP contribution in [0.4, 0.5) is 8.78 Å². The van der Waals surface area contributed by atoms with E-state index < -0.39 is 12.5 Å². The molecule has 1 atom stereocenters. The lowest BCUT2D eigenvalue weighted by atomic mass is 10.3. The largest absolute Gasteiger partial charge is 0.368 e. The average Bonchev–Trinajstić information content (AvgIpc) is 2.11. The van der Waals surface area contributed by atoms with Crippen LogP contribution in [0.2, 0.25) is 0 Å². The molecule has 0 aromatic rings. The Morgan fingerprint density at radius 3 is 2.43 bits per heavy atom. The second-order valence-electron chi connectivity index (χ2n) is 3.64. The first-order valence-electron chi connectivity index (χ1n) is 4.73. The van der Waals surface area contributed by atoms with E-state index in [1.807, 2.05) is 13.8 Å². The summed E-state index contributed by atoms with van der Waals surface area (Å²) in [6.07, 6.45) is 1.16. The summed E-state index contributed by atoms with van der Waals surface area (Å²) in [5, 5.41) is 2.67. The van der Waals surface area contributed by atoms with Crippen molar-refractivity contribution >= 4 is 0 Å². The monoisotopic (exact) mass is 207 g/mol. The first kappa shape index (κ1) is 13.5. The maximum absolute atomic E-state index is 13.1. The van der Waals surface area contributed by atoms with Gasteiger partial charge >= 0.3 is 0 Å². The molecule has 0 aliphatic rings. The Kier molecular flexibility index (Phi) is 5.88. The molecule has 1 N–H and O–H groups in total. The third-order valence-corrected chi connectivity index (χ3v) is 1.66. The molecule has 1 unspecified atom stereocenters. The Labute approximate surface area is 84.3 Å². The zero-order valence-electron chi connectivity index (χ0n) is 9.02. The van der Waals surface area contributed by atoms with Gasteiger partial charge in [0, 0.05) is 6.04 Å².